The van der Waals surface area contributed by atoms with Crippen LogP contribution in [0.5, 0.6) is 0 Å². The van der Waals surface area contributed by atoms with Crippen LogP contribution in [-0.2, 0) is 17.6 Å². The predicted molar refractivity (Wildman–Crippen MR) is 106 cm³/mol. The van der Waals surface area contributed by atoms with Crippen LogP contribution in [0, 0.1) is 0 Å². The van der Waals surface area contributed by atoms with Gasteiger partial charge in [-0.3, -0.25) is 19.0 Å². The van der Waals surface area contributed by atoms with E-state index >= 15 is 0 Å². The van der Waals surface area contributed by atoms with Crippen LogP contribution in [0.15, 0.2) is 32.8 Å². The minimum atomic E-state index is -0.144. The Morgan fingerprint density at radius 2 is 1.97 bits per heavy atom. The number of hydrogen-bond acceptors (Lipinski definition) is 6. The molecule has 2 aliphatic heterocycles. The van der Waals surface area contributed by atoms with Gasteiger partial charge in [-0.15, -0.1) is 0 Å². The van der Waals surface area contributed by atoms with Gasteiger partial charge in [-0.25, -0.2) is 4.98 Å². The molecule has 1 unspecified atom stereocenters. The molecule has 3 aliphatic rings. The molecule has 1 saturated heterocycles. The third-order valence-corrected chi connectivity index (χ3v) is 7.03. The largest absolute Gasteiger partial charge is 0.459 e. The molecular formula is C20H22N4O4S. The summed E-state index contributed by atoms with van der Waals surface area (Å²) in [4.78, 5) is 46.3. The van der Waals surface area contributed by atoms with Gasteiger partial charge in [0.1, 0.15) is 0 Å². The zero-order valence-electron chi connectivity index (χ0n) is 16.0. The number of piperazine rings is 1. The molecule has 4 heterocycles. The molecule has 5 rings (SSSR count). The minimum Gasteiger partial charge on any atom is -0.459 e. The molecule has 1 atom stereocenters. The highest BCUT2D eigenvalue weighted by atomic mass is 32.2. The number of fused-ring (bicyclic) bond motifs is 2. The smallest absolute Gasteiger partial charge is 0.289 e. The fraction of sp³-hybridized carbons (Fsp3) is 0.500. The molecule has 2 amide bonds. The van der Waals surface area contributed by atoms with Crippen molar-refractivity contribution in [2.24, 2.45) is 0 Å². The van der Waals surface area contributed by atoms with Gasteiger partial charge in [0.2, 0.25) is 5.91 Å². The maximum Gasteiger partial charge on any atom is 0.289 e. The molecular weight excluding hydrogens is 392 g/mol. The summed E-state index contributed by atoms with van der Waals surface area (Å²) >= 11 is 1.57. The summed E-state index contributed by atoms with van der Waals surface area (Å²) in [5, 5.41) is 0.752. The zero-order valence-corrected chi connectivity index (χ0v) is 16.8. The Kier molecular flexibility index (Phi) is 4.69. The van der Waals surface area contributed by atoms with E-state index in [9.17, 15) is 14.4 Å². The lowest BCUT2D eigenvalue weighted by atomic mass is 10.1. The average molecular weight is 414 g/mol. The number of rotatable bonds is 3. The van der Waals surface area contributed by atoms with Crippen molar-refractivity contribution < 1.29 is 14.0 Å². The van der Waals surface area contributed by atoms with Crippen LogP contribution >= 0.6 is 11.8 Å². The number of hydrogen-bond donors (Lipinski definition) is 0. The lowest BCUT2D eigenvalue weighted by Crippen LogP contribution is -2.51. The summed E-state index contributed by atoms with van der Waals surface area (Å²) in [6.45, 7) is 1.96. The molecule has 2 aromatic rings. The van der Waals surface area contributed by atoms with Crippen molar-refractivity contribution in [2.75, 3.05) is 31.9 Å². The second kappa shape index (κ2) is 7.37. The fourth-order valence-corrected chi connectivity index (χ4v) is 5.50. The van der Waals surface area contributed by atoms with Gasteiger partial charge in [0.25, 0.3) is 11.5 Å². The lowest BCUT2D eigenvalue weighted by Gasteiger charge is -2.34. The molecule has 152 valence electrons. The SMILES string of the molecule is O=C(CC1CSc2nc3c(c(=O)n21)CCC3)N1CCN(C(=O)c2ccco2)CC1. The number of aryl methyl sites for hydroxylation is 1. The van der Waals surface area contributed by atoms with Crippen LogP contribution in [0.1, 0.15) is 40.7 Å². The molecule has 8 nitrogen and oxygen atoms in total. The van der Waals surface area contributed by atoms with Crippen molar-refractivity contribution >= 4 is 23.6 Å². The first-order valence-corrected chi connectivity index (χ1v) is 11.0. The standard InChI is InChI=1S/C20H22N4O4S/c25-17(22-6-8-23(9-7-22)19(27)16-5-2-10-28-16)11-13-12-29-20-21-15-4-1-3-14(15)18(26)24(13)20/h2,5,10,13H,1,3-4,6-9,11-12H2. The molecule has 0 bridgehead atoms. The fourth-order valence-electron chi connectivity index (χ4n) is 4.35. The topological polar surface area (TPSA) is 88.7 Å². The molecule has 0 aromatic carbocycles. The number of amides is 2. The highest BCUT2D eigenvalue weighted by Crippen LogP contribution is 2.34. The predicted octanol–water partition coefficient (Wildman–Crippen LogP) is 1.35. The Hall–Kier alpha value is -2.55. The Bertz CT molecular complexity index is 1010. The molecule has 29 heavy (non-hydrogen) atoms. The molecule has 9 heteroatoms. The normalized spacial score (nSPS) is 20.6. The Morgan fingerprint density at radius 3 is 2.72 bits per heavy atom. The molecule has 2 aromatic heterocycles. The number of thioether (sulfide) groups is 1. The number of carbonyl (C=O) groups is 2. The first-order chi connectivity index (χ1) is 14.1. The number of carbonyl (C=O) groups excluding carboxylic acids is 2. The van der Waals surface area contributed by atoms with E-state index in [2.05, 4.69) is 4.98 Å². The van der Waals surface area contributed by atoms with Gasteiger partial charge in [0.15, 0.2) is 10.9 Å². The summed E-state index contributed by atoms with van der Waals surface area (Å²) in [7, 11) is 0. The van der Waals surface area contributed by atoms with Crippen molar-refractivity contribution in [3.63, 3.8) is 0 Å². The van der Waals surface area contributed by atoms with E-state index in [1.165, 1.54) is 6.26 Å². The number of furan rings is 1. The zero-order chi connectivity index (χ0) is 20.0. The third kappa shape index (κ3) is 3.27. The van der Waals surface area contributed by atoms with E-state index in [0.29, 0.717) is 44.1 Å². The molecule has 0 radical (unpaired) electrons. The maximum absolute atomic E-state index is 12.9. The summed E-state index contributed by atoms with van der Waals surface area (Å²) < 4.78 is 6.91. The summed E-state index contributed by atoms with van der Waals surface area (Å²) in [5.74, 6) is 0.910. The van der Waals surface area contributed by atoms with Crippen LogP contribution in [0.2, 0.25) is 0 Å². The van der Waals surface area contributed by atoms with Crippen molar-refractivity contribution in [1.82, 2.24) is 19.4 Å². The molecule has 1 fully saturated rings. The lowest BCUT2D eigenvalue weighted by molar-refractivity contribution is -0.133. The molecule has 1 aliphatic carbocycles. The van der Waals surface area contributed by atoms with E-state index in [-0.39, 0.29) is 23.4 Å². The minimum absolute atomic E-state index is 0.0287. The Morgan fingerprint density at radius 1 is 1.17 bits per heavy atom. The van der Waals surface area contributed by atoms with Gasteiger partial charge in [0.05, 0.1) is 18.0 Å². The second-order valence-corrected chi connectivity index (χ2v) is 8.65. The highest BCUT2D eigenvalue weighted by molar-refractivity contribution is 7.99. The highest BCUT2D eigenvalue weighted by Gasteiger charge is 2.33. The quantitative estimate of drug-likeness (QED) is 0.705. The average Bonchev–Trinajstić information content (AvgIpc) is 3.49. The van der Waals surface area contributed by atoms with E-state index in [4.69, 9.17) is 4.42 Å². The van der Waals surface area contributed by atoms with Gasteiger partial charge < -0.3 is 14.2 Å². The molecule has 0 saturated carbocycles. The van der Waals surface area contributed by atoms with Gasteiger partial charge in [-0.2, -0.15) is 0 Å². The van der Waals surface area contributed by atoms with Crippen molar-refractivity contribution in [3.8, 4) is 0 Å². The Balaban J connectivity index is 1.23. The van der Waals surface area contributed by atoms with E-state index < -0.39 is 0 Å². The monoisotopic (exact) mass is 414 g/mol. The van der Waals surface area contributed by atoms with Crippen LogP contribution in [-0.4, -0.2) is 63.1 Å². The number of aromatic nitrogens is 2. The Labute approximate surface area is 171 Å². The first kappa shape index (κ1) is 18.5. The summed E-state index contributed by atoms with van der Waals surface area (Å²) in [6, 6.07) is 3.20. The van der Waals surface area contributed by atoms with Crippen LogP contribution in [0.3, 0.4) is 0 Å². The van der Waals surface area contributed by atoms with Gasteiger partial charge in [-0.05, 0) is 31.4 Å². The van der Waals surface area contributed by atoms with Crippen molar-refractivity contribution in [2.45, 2.75) is 36.9 Å². The molecule has 0 spiro atoms. The first-order valence-electron chi connectivity index (χ1n) is 9.99. The number of nitrogens with zero attached hydrogens (tertiary/aromatic N) is 4. The second-order valence-electron chi connectivity index (χ2n) is 7.67. The maximum atomic E-state index is 12.9. The summed E-state index contributed by atoms with van der Waals surface area (Å²) in [6.07, 6.45) is 4.43. The van der Waals surface area contributed by atoms with Crippen molar-refractivity contribution in [1.29, 1.82) is 0 Å². The van der Waals surface area contributed by atoms with E-state index in [0.717, 1.165) is 35.7 Å². The summed E-state index contributed by atoms with van der Waals surface area (Å²) in [5.41, 5.74) is 1.82. The van der Waals surface area contributed by atoms with Crippen LogP contribution in [0.25, 0.3) is 0 Å². The van der Waals surface area contributed by atoms with E-state index in [1.54, 1.807) is 38.3 Å². The van der Waals surface area contributed by atoms with E-state index in [1.807, 2.05) is 0 Å². The van der Waals surface area contributed by atoms with Gasteiger partial charge in [0, 0.05) is 43.9 Å². The van der Waals surface area contributed by atoms with Gasteiger partial charge in [-0.1, -0.05) is 11.8 Å². The van der Waals surface area contributed by atoms with Crippen LogP contribution < -0.4 is 5.56 Å². The van der Waals surface area contributed by atoms with Crippen molar-refractivity contribution in [3.05, 3.63) is 45.8 Å². The van der Waals surface area contributed by atoms with Gasteiger partial charge >= 0.3 is 0 Å². The molecule has 0 N–H and O–H groups in total. The third-order valence-electron chi connectivity index (χ3n) is 5.93. The van der Waals surface area contributed by atoms with Crippen LogP contribution in [0.4, 0.5) is 0 Å².